The van der Waals surface area contributed by atoms with Crippen LogP contribution in [0.3, 0.4) is 0 Å². The first kappa shape index (κ1) is 15.2. The van der Waals surface area contributed by atoms with E-state index in [-0.39, 0.29) is 0 Å². The SMILES string of the molecule is CCC(C)N(CC1CCCCC1)c1ccc(OC)cc1. The first-order valence-corrected chi connectivity index (χ1v) is 8.15. The summed E-state index contributed by atoms with van der Waals surface area (Å²) in [5.41, 5.74) is 1.34. The zero-order valence-corrected chi connectivity index (χ0v) is 13.3. The lowest BCUT2D eigenvalue weighted by Crippen LogP contribution is -2.37. The maximum Gasteiger partial charge on any atom is 0.119 e. The van der Waals surface area contributed by atoms with E-state index in [2.05, 4.69) is 43.0 Å². The van der Waals surface area contributed by atoms with E-state index >= 15 is 0 Å². The molecular formula is C18H29NO. The Labute approximate surface area is 124 Å². The maximum atomic E-state index is 5.27. The van der Waals surface area contributed by atoms with Crippen molar-refractivity contribution in [1.82, 2.24) is 0 Å². The Balaban J connectivity index is 2.08. The topological polar surface area (TPSA) is 12.5 Å². The standard InChI is InChI=1S/C18H29NO/c1-4-15(2)19(14-16-8-6-5-7-9-16)17-10-12-18(20-3)13-11-17/h10-13,15-16H,4-9,14H2,1-3H3. The number of ether oxygens (including phenoxy) is 1. The fourth-order valence-corrected chi connectivity index (χ4v) is 3.18. The molecule has 1 unspecified atom stereocenters. The monoisotopic (exact) mass is 275 g/mol. The molecule has 1 fully saturated rings. The number of benzene rings is 1. The Morgan fingerprint density at radius 2 is 1.80 bits per heavy atom. The van der Waals surface area contributed by atoms with E-state index in [1.54, 1.807) is 7.11 Å². The van der Waals surface area contributed by atoms with Gasteiger partial charge in [-0.2, -0.15) is 0 Å². The molecule has 0 N–H and O–H groups in total. The number of methoxy groups -OCH3 is 1. The highest BCUT2D eigenvalue weighted by molar-refractivity contribution is 5.50. The zero-order chi connectivity index (χ0) is 14.4. The average molecular weight is 275 g/mol. The molecule has 112 valence electrons. The summed E-state index contributed by atoms with van der Waals surface area (Å²) >= 11 is 0. The molecule has 0 amide bonds. The van der Waals surface area contributed by atoms with Crippen LogP contribution in [0.1, 0.15) is 52.4 Å². The first-order valence-electron chi connectivity index (χ1n) is 8.15. The smallest absolute Gasteiger partial charge is 0.119 e. The Morgan fingerprint density at radius 1 is 1.15 bits per heavy atom. The summed E-state index contributed by atoms with van der Waals surface area (Å²) < 4.78 is 5.27. The van der Waals surface area contributed by atoms with Crippen LogP contribution in [0.15, 0.2) is 24.3 Å². The molecule has 2 rings (SSSR count). The quantitative estimate of drug-likeness (QED) is 0.733. The minimum Gasteiger partial charge on any atom is -0.497 e. The molecule has 0 saturated heterocycles. The molecule has 0 radical (unpaired) electrons. The van der Waals surface area contributed by atoms with Gasteiger partial charge in [-0.1, -0.05) is 26.2 Å². The second-order valence-electron chi connectivity index (χ2n) is 6.11. The molecule has 20 heavy (non-hydrogen) atoms. The predicted octanol–water partition coefficient (Wildman–Crippen LogP) is 4.88. The largest absolute Gasteiger partial charge is 0.497 e. The van der Waals surface area contributed by atoms with Crippen LogP contribution in [0.4, 0.5) is 5.69 Å². The second kappa shape index (κ2) is 7.56. The highest BCUT2D eigenvalue weighted by atomic mass is 16.5. The van der Waals surface area contributed by atoms with Crippen molar-refractivity contribution in [2.24, 2.45) is 5.92 Å². The van der Waals surface area contributed by atoms with E-state index in [4.69, 9.17) is 4.74 Å². The van der Waals surface area contributed by atoms with Gasteiger partial charge in [0.05, 0.1) is 7.11 Å². The van der Waals surface area contributed by atoms with Gasteiger partial charge >= 0.3 is 0 Å². The molecule has 2 nitrogen and oxygen atoms in total. The van der Waals surface area contributed by atoms with E-state index in [9.17, 15) is 0 Å². The van der Waals surface area contributed by atoms with Gasteiger partial charge in [0, 0.05) is 18.3 Å². The van der Waals surface area contributed by atoms with Gasteiger partial charge in [0.25, 0.3) is 0 Å². The van der Waals surface area contributed by atoms with Gasteiger partial charge in [-0.05, 0) is 56.4 Å². The Morgan fingerprint density at radius 3 is 2.35 bits per heavy atom. The van der Waals surface area contributed by atoms with Crippen molar-refractivity contribution in [1.29, 1.82) is 0 Å². The van der Waals surface area contributed by atoms with Crippen molar-refractivity contribution in [3.8, 4) is 5.75 Å². The summed E-state index contributed by atoms with van der Waals surface area (Å²) in [6.45, 7) is 5.83. The van der Waals surface area contributed by atoms with Crippen molar-refractivity contribution in [3.63, 3.8) is 0 Å². The Hall–Kier alpha value is -1.18. The summed E-state index contributed by atoms with van der Waals surface area (Å²) in [6, 6.07) is 9.16. The zero-order valence-electron chi connectivity index (χ0n) is 13.3. The highest BCUT2D eigenvalue weighted by Gasteiger charge is 2.20. The number of anilines is 1. The molecular weight excluding hydrogens is 246 g/mol. The minimum atomic E-state index is 0.602. The van der Waals surface area contributed by atoms with E-state index < -0.39 is 0 Å². The summed E-state index contributed by atoms with van der Waals surface area (Å²) in [6.07, 6.45) is 8.27. The van der Waals surface area contributed by atoms with Gasteiger partial charge in [0.2, 0.25) is 0 Å². The number of rotatable bonds is 6. The number of hydrogen-bond acceptors (Lipinski definition) is 2. The van der Waals surface area contributed by atoms with Crippen molar-refractivity contribution in [3.05, 3.63) is 24.3 Å². The molecule has 0 bridgehead atoms. The van der Waals surface area contributed by atoms with Crippen LogP contribution in [0.2, 0.25) is 0 Å². The molecule has 1 aliphatic rings. The lowest BCUT2D eigenvalue weighted by Gasteiger charge is -2.35. The Kier molecular flexibility index (Phi) is 5.75. The summed E-state index contributed by atoms with van der Waals surface area (Å²) in [5.74, 6) is 1.82. The van der Waals surface area contributed by atoms with Crippen LogP contribution >= 0.6 is 0 Å². The number of hydrogen-bond donors (Lipinski definition) is 0. The molecule has 1 saturated carbocycles. The van der Waals surface area contributed by atoms with Crippen LogP contribution in [-0.4, -0.2) is 19.7 Å². The molecule has 2 heteroatoms. The molecule has 1 atom stereocenters. The third kappa shape index (κ3) is 3.91. The molecule has 0 aromatic heterocycles. The van der Waals surface area contributed by atoms with E-state index in [0.717, 1.165) is 11.7 Å². The van der Waals surface area contributed by atoms with Crippen LogP contribution in [-0.2, 0) is 0 Å². The van der Waals surface area contributed by atoms with Crippen LogP contribution in [0.25, 0.3) is 0 Å². The van der Waals surface area contributed by atoms with Gasteiger partial charge in [0.1, 0.15) is 5.75 Å². The lowest BCUT2D eigenvalue weighted by atomic mass is 9.88. The third-order valence-corrected chi connectivity index (χ3v) is 4.71. The van der Waals surface area contributed by atoms with Crippen molar-refractivity contribution < 1.29 is 4.74 Å². The molecule has 1 aliphatic carbocycles. The van der Waals surface area contributed by atoms with Gasteiger partial charge in [-0.15, -0.1) is 0 Å². The maximum absolute atomic E-state index is 5.27. The highest BCUT2D eigenvalue weighted by Crippen LogP contribution is 2.29. The fraction of sp³-hybridized carbons (Fsp3) is 0.667. The molecule has 1 aromatic carbocycles. The van der Waals surface area contributed by atoms with Crippen molar-refractivity contribution >= 4 is 5.69 Å². The van der Waals surface area contributed by atoms with Crippen LogP contribution in [0, 0.1) is 5.92 Å². The Bertz CT molecular complexity index is 381. The first-order chi connectivity index (χ1) is 9.74. The van der Waals surface area contributed by atoms with Crippen molar-refractivity contribution in [2.45, 2.75) is 58.4 Å². The fourth-order valence-electron chi connectivity index (χ4n) is 3.18. The van der Waals surface area contributed by atoms with Gasteiger partial charge in [-0.25, -0.2) is 0 Å². The average Bonchev–Trinajstić information content (AvgIpc) is 2.53. The summed E-state index contributed by atoms with van der Waals surface area (Å²) in [5, 5.41) is 0. The van der Waals surface area contributed by atoms with Crippen LogP contribution in [0.5, 0.6) is 5.75 Å². The predicted molar refractivity (Wildman–Crippen MR) is 86.7 cm³/mol. The van der Waals surface area contributed by atoms with E-state index in [0.29, 0.717) is 6.04 Å². The third-order valence-electron chi connectivity index (χ3n) is 4.71. The van der Waals surface area contributed by atoms with E-state index in [1.807, 2.05) is 0 Å². The van der Waals surface area contributed by atoms with Gasteiger partial charge in [0.15, 0.2) is 0 Å². The molecule has 0 aliphatic heterocycles. The van der Waals surface area contributed by atoms with Gasteiger partial charge < -0.3 is 9.64 Å². The minimum absolute atomic E-state index is 0.602. The summed E-state index contributed by atoms with van der Waals surface area (Å²) in [4.78, 5) is 2.59. The van der Waals surface area contributed by atoms with Crippen molar-refractivity contribution in [2.75, 3.05) is 18.6 Å². The van der Waals surface area contributed by atoms with Crippen LogP contribution < -0.4 is 9.64 Å². The molecule has 1 aromatic rings. The second-order valence-corrected chi connectivity index (χ2v) is 6.11. The lowest BCUT2D eigenvalue weighted by molar-refractivity contribution is 0.350. The van der Waals surface area contributed by atoms with E-state index in [1.165, 1.54) is 50.8 Å². The normalized spacial score (nSPS) is 17.8. The molecule has 0 heterocycles. The molecule has 0 spiro atoms. The van der Waals surface area contributed by atoms with Gasteiger partial charge in [-0.3, -0.25) is 0 Å². The summed E-state index contributed by atoms with van der Waals surface area (Å²) in [7, 11) is 1.73. The number of nitrogens with zero attached hydrogens (tertiary/aromatic N) is 1.